The fourth-order valence-corrected chi connectivity index (χ4v) is 5.19. The van der Waals surface area contributed by atoms with E-state index in [9.17, 15) is 29.4 Å². The average molecular weight is 658 g/mol. The summed E-state index contributed by atoms with van der Waals surface area (Å²) < 4.78 is 6.14. The molecule has 0 radical (unpaired) electrons. The Balaban J connectivity index is 2.43. The van der Waals surface area contributed by atoms with E-state index in [0.29, 0.717) is 22.0 Å². The maximum absolute atomic E-state index is 13.5. The van der Waals surface area contributed by atoms with Crippen LogP contribution in [0.4, 0.5) is 0 Å². The summed E-state index contributed by atoms with van der Waals surface area (Å²) in [5, 5.41) is 25.4. The largest absolute Gasteiger partial charge is 0.507 e. The van der Waals surface area contributed by atoms with E-state index in [1.54, 1.807) is 26.0 Å². The number of nitrogens with one attached hydrogen (secondary N) is 2. The number of halogens is 1. The number of hydrogen-bond donors (Lipinski definition) is 4. The van der Waals surface area contributed by atoms with Gasteiger partial charge in [-0.25, -0.2) is 4.79 Å². The summed E-state index contributed by atoms with van der Waals surface area (Å²) in [7, 11) is 1.44. The number of phenols is 1. The molecule has 1 aromatic carbocycles. The van der Waals surface area contributed by atoms with Crippen molar-refractivity contribution in [2.24, 2.45) is 11.8 Å². The summed E-state index contributed by atoms with van der Waals surface area (Å²) in [4.78, 5) is 53.5. The lowest BCUT2D eigenvalue weighted by Gasteiger charge is -2.30. The maximum atomic E-state index is 13.5. The van der Waals surface area contributed by atoms with Crippen molar-refractivity contribution in [3.63, 3.8) is 0 Å². The van der Waals surface area contributed by atoms with Gasteiger partial charge in [-0.15, -0.1) is 0 Å². The number of aliphatic hydroxyl groups is 1. The maximum Gasteiger partial charge on any atom is 0.331 e. The van der Waals surface area contributed by atoms with Crippen molar-refractivity contribution in [3.8, 4) is 5.75 Å². The Hall–Kier alpha value is -2.67. The van der Waals surface area contributed by atoms with E-state index in [1.807, 2.05) is 42.5 Å². The molecule has 1 aliphatic rings. The number of carbonyl (C=O) groups excluding carboxylic acids is 4. The highest BCUT2D eigenvalue weighted by atomic mass is 127. The second-order valence-corrected chi connectivity index (χ2v) is 11.7. The molecule has 0 aliphatic carbocycles. The van der Waals surface area contributed by atoms with Gasteiger partial charge in [0.1, 0.15) is 11.8 Å². The van der Waals surface area contributed by atoms with Crippen molar-refractivity contribution in [3.05, 3.63) is 39.0 Å². The molecule has 0 spiro atoms. The van der Waals surface area contributed by atoms with Crippen LogP contribution in [0.15, 0.2) is 29.8 Å². The van der Waals surface area contributed by atoms with E-state index in [0.717, 1.165) is 5.57 Å². The van der Waals surface area contributed by atoms with Crippen molar-refractivity contribution < 1.29 is 34.1 Å². The van der Waals surface area contributed by atoms with Crippen molar-refractivity contribution >= 4 is 46.3 Å². The number of aromatic hydroxyl groups is 1. The standard InChI is InChI=1S/C28H40IN3O7/c1-15-9-16(2)11-18(4)39-28(38)25(19(5)33)31-27(37)22(13-20-7-8-23(34)21(29)12-20)32(6)24(35)14-30-26(36)17(3)10-15/h7-9,12,16-19,22,25,33-34H,10-11,13-14H2,1-6H3,(H,30,36)(H,31,37)/b15-9+/t16-,17-,18-,19+,22+,25-/m0/s1. The van der Waals surface area contributed by atoms with Crippen LogP contribution in [0, 0.1) is 15.4 Å². The minimum atomic E-state index is -1.35. The number of esters is 1. The van der Waals surface area contributed by atoms with Crippen molar-refractivity contribution in [2.75, 3.05) is 13.6 Å². The molecule has 3 amide bonds. The molecule has 0 fully saturated rings. The fourth-order valence-electron chi connectivity index (χ4n) is 4.61. The van der Waals surface area contributed by atoms with Gasteiger partial charge in [0.2, 0.25) is 17.7 Å². The first-order chi connectivity index (χ1) is 18.2. The smallest absolute Gasteiger partial charge is 0.331 e. The Bertz CT molecular complexity index is 1090. The normalized spacial score (nSPS) is 28.8. The zero-order valence-corrected chi connectivity index (χ0v) is 25.5. The summed E-state index contributed by atoms with van der Waals surface area (Å²) in [6, 6.07) is 2.39. The van der Waals surface area contributed by atoms with Crippen molar-refractivity contribution in [2.45, 2.75) is 78.2 Å². The van der Waals surface area contributed by atoms with E-state index < -0.39 is 42.1 Å². The number of rotatable bonds is 3. The first kappa shape index (κ1) is 32.5. The predicted molar refractivity (Wildman–Crippen MR) is 155 cm³/mol. The molecule has 10 nitrogen and oxygen atoms in total. The molecule has 1 heterocycles. The lowest BCUT2D eigenvalue weighted by Crippen LogP contribution is -2.57. The third-order valence-corrected chi connectivity index (χ3v) is 7.58. The second-order valence-electron chi connectivity index (χ2n) is 10.5. The topological polar surface area (TPSA) is 145 Å². The number of hydrogen-bond acceptors (Lipinski definition) is 7. The van der Waals surface area contributed by atoms with E-state index in [4.69, 9.17) is 4.74 Å². The van der Waals surface area contributed by atoms with Crippen LogP contribution in [0.1, 0.15) is 53.0 Å². The molecule has 0 saturated carbocycles. The molecule has 1 aromatic rings. The van der Waals surface area contributed by atoms with Gasteiger partial charge in [-0.3, -0.25) is 14.4 Å². The summed E-state index contributed by atoms with van der Waals surface area (Å²) in [5.74, 6) is -2.45. The zero-order valence-electron chi connectivity index (χ0n) is 23.4. The molecule has 0 bridgehead atoms. The van der Waals surface area contributed by atoms with Crippen LogP contribution in [0.3, 0.4) is 0 Å². The van der Waals surface area contributed by atoms with E-state index in [-0.39, 0.29) is 36.5 Å². The first-order valence-corrected chi connectivity index (χ1v) is 14.1. The van der Waals surface area contributed by atoms with Gasteiger partial charge in [0.25, 0.3) is 0 Å². The molecule has 0 saturated heterocycles. The number of ether oxygens (including phenoxy) is 1. The molecular formula is C28H40IN3O7. The average Bonchev–Trinajstić information content (AvgIpc) is 2.84. The Morgan fingerprint density at radius 3 is 2.44 bits per heavy atom. The number of amides is 3. The third kappa shape index (κ3) is 9.79. The summed E-state index contributed by atoms with van der Waals surface area (Å²) in [6.45, 7) is 8.51. The Labute approximate surface area is 243 Å². The number of cyclic esters (lactones) is 1. The highest BCUT2D eigenvalue weighted by molar-refractivity contribution is 14.1. The molecule has 0 unspecified atom stereocenters. The van der Waals surface area contributed by atoms with Crippen LogP contribution >= 0.6 is 22.6 Å². The van der Waals surface area contributed by atoms with Gasteiger partial charge in [-0.1, -0.05) is 31.6 Å². The third-order valence-electron chi connectivity index (χ3n) is 6.72. The predicted octanol–water partition coefficient (Wildman–Crippen LogP) is 2.29. The fraction of sp³-hybridized carbons (Fsp3) is 0.571. The summed E-state index contributed by atoms with van der Waals surface area (Å²) in [6.07, 6.45) is 1.36. The van der Waals surface area contributed by atoms with Crippen LogP contribution in [0.25, 0.3) is 0 Å². The minimum absolute atomic E-state index is 0.0502. The lowest BCUT2D eigenvalue weighted by molar-refractivity contribution is -0.156. The number of phenolic OH excluding ortho intramolecular Hbond substituents is 1. The van der Waals surface area contributed by atoms with Crippen molar-refractivity contribution in [1.29, 1.82) is 0 Å². The summed E-state index contributed by atoms with van der Waals surface area (Å²) in [5.41, 5.74) is 1.67. The molecule has 4 N–H and O–H groups in total. The highest BCUT2D eigenvalue weighted by Crippen LogP contribution is 2.22. The Kier molecular flexibility index (Phi) is 12.2. The van der Waals surface area contributed by atoms with E-state index in [1.165, 1.54) is 24.9 Å². The van der Waals surface area contributed by atoms with Gasteiger partial charge in [-0.05, 0) is 79.8 Å². The van der Waals surface area contributed by atoms with Crippen LogP contribution in [-0.2, 0) is 30.3 Å². The van der Waals surface area contributed by atoms with Crippen LogP contribution in [0.2, 0.25) is 0 Å². The lowest BCUT2D eigenvalue weighted by atomic mass is 9.96. The SMILES string of the molecule is C/C1=C\[C@H](C)C[C@H](C)OC(=O)[C@H]([C@@H](C)O)NC(=O)[C@@H](Cc2ccc(O)c(I)c2)N(C)C(=O)CNC(=O)[C@@H](C)C1. The number of carbonyl (C=O) groups is 4. The van der Waals surface area contributed by atoms with Gasteiger partial charge in [0.15, 0.2) is 6.04 Å². The second kappa shape index (κ2) is 14.6. The molecule has 11 heteroatoms. The van der Waals surface area contributed by atoms with Gasteiger partial charge in [0.05, 0.1) is 22.3 Å². The van der Waals surface area contributed by atoms with Crippen LogP contribution in [-0.4, -0.2) is 76.7 Å². The molecule has 39 heavy (non-hydrogen) atoms. The molecular weight excluding hydrogens is 617 g/mol. The van der Waals surface area contributed by atoms with Gasteiger partial charge >= 0.3 is 5.97 Å². The van der Waals surface area contributed by atoms with E-state index in [2.05, 4.69) is 10.6 Å². The molecule has 0 aromatic heterocycles. The quantitative estimate of drug-likeness (QED) is 0.222. The molecule has 216 valence electrons. The molecule has 2 rings (SSSR count). The van der Waals surface area contributed by atoms with Gasteiger partial charge in [-0.2, -0.15) is 0 Å². The molecule has 6 atom stereocenters. The van der Waals surface area contributed by atoms with E-state index >= 15 is 0 Å². The van der Waals surface area contributed by atoms with Crippen molar-refractivity contribution in [1.82, 2.24) is 15.5 Å². The van der Waals surface area contributed by atoms with Crippen LogP contribution in [0.5, 0.6) is 5.75 Å². The molecule has 1 aliphatic heterocycles. The zero-order chi connectivity index (χ0) is 29.4. The number of aliphatic hydroxyl groups excluding tert-OH is 1. The number of nitrogens with zero attached hydrogens (tertiary/aromatic N) is 1. The van der Waals surface area contributed by atoms with Crippen LogP contribution < -0.4 is 10.6 Å². The number of likely N-dealkylation sites (N-methyl/N-ethyl adjacent to an activating group) is 1. The monoisotopic (exact) mass is 657 g/mol. The Morgan fingerprint density at radius 2 is 1.82 bits per heavy atom. The summed E-state index contributed by atoms with van der Waals surface area (Å²) >= 11 is 1.96. The number of allylic oxidation sites excluding steroid dienone is 2. The Morgan fingerprint density at radius 1 is 1.15 bits per heavy atom. The first-order valence-electron chi connectivity index (χ1n) is 13.1. The number of benzene rings is 1. The minimum Gasteiger partial charge on any atom is -0.507 e. The van der Waals surface area contributed by atoms with Gasteiger partial charge in [0, 0.05) is 19.4 Å². The highest BCUT2D eigenvalue weighted by Gasteiger charge is 2.34. The van der Waals surface area contributed by atoms with Gasteiger partial charge < -0.3 is 30.5 Å².